The minimum atomic E-state index is -5.00. The van der Waals surface area contributed by atoms with Crippen molar-refractivity contribution in [1.29, 1.82) is 0 Å². The number of hydrogen-bond acceptors (Lipinski definition) is 4. The number of likely N-dealkylation sites (tertiary alicyclic amines) is 1. The van der Waals surface area contributed by atoms with Gasteiger partial charge in [0.25, 0.3) is 5.91 Å². The first kappa shape index (κ1) is 35.7. The van der Waals surface area contributed by atoms with E-state index < -0.39 is 59.8 Å². The number of aliphatic hydroxyl groups is 3. The summed E-state index contributed by atoms with van der Waals surface area (Å²) in [6, 6.07) is 0.809. The Hall–Kier alpha value is -2.63. The Morgan fingerprint density at radius 3 is 2.30 bits per heavy atom. The topological polar surface area (TPSA) is 81.0 Å². The van der Waals surface area contributed by atoms with E-state index in [4.69, 9.17) is 0 Å². The fourth-order valence-electron chi connectivity index (χ4n) is 9.12. The van der Waals surface area contributed by atoms with Crippen LogP contribution in [0.3, 0.4) is 0 Å². The smallest absolute Gasteiger partial charge is 0.393 e. The molecule has 5 nitrogen and oxygen atoms in total. The predicted molar refractivity (Wildman–Crippen MR) is 165 cm³/mol. The lowest BCUT2D eigenvalue weighted by Gasteiger charge is -2.45. The number of hydrogen-bond donors (Lipinski definition) is 3. The number of carbonyl (C=O) groups excluding carboxylic acids is 1. The number of fused-ring (bicyclic) bond motifs is 1. The quantitative estimate of drug-likeness (QED) is 0.271. The number of allylic oxidation sites excluding steroid dienone is 3. The van der Waals surface area contributed by atoms with Gasteiger partial charge in [-0.1, -0.05) is 38.2 Å². The van der Waals surface area contributed by atoms with E-state index in [9.17, 15) is 46.5 Å². The Labute approximate surface area is 272 Å². The fraction of sp³-hybridized carbons (Fsp3) is 0.639. The highest BCUT2D eigenvalue weighted by atomic mass is 19.4. The molecule has 0 bridgehead atoms. The van der Waals surface area contributed by atoms with Crippen molar-refractivity contribution in [3.05, 3.63) is 70.3 Å². The summed E-state index contributed by atoms with van der Waals surface area (Å²) in [6.45, 7) is 9.26. The van der Waals surface area contributed by atoms with E-state index in [-0.39, 0.29) is 41.7 Å². The first-order valence-corrected chi connectivity index (χ1v) is 16.5. The van der Waals surface area contributed by atoms with Gasteiger partial charge in [-0.25, -0.2) is 0 Å². The van der Waals surface area contributed by atoms with Gasteiger partial charge in [-0.05, 0) is 110 Å². The molecule has 0 unspecified atom stereocenters. The molecule has 0 spiro atoms. The van der Waals surface area contributed by atoms with Crippen molar-refractivity contribution >= 4 is 5.91 Å². The van der Waals surface area contributed by atoms with Gasteiger partial charge in [0.05, 0.1) is 23.3 Å². The molecule has 1 saturated heterocycles. The zero-order valence-electron chi connectivity index (χ0n) is 27.1. The van der Waals surface area contributed by atoms with Crippen LogP contribution in [0.15, 0.2) is 53.6 Å². The molecule has 3 aliphatic carbocycles. The van der Waals surface area contributed by atoms with Crippen LogP contribution in [0.25, 0.3) is 0 Å². The van der Waals surface area contributed by atoms with Gasteiger partial charge >= 0.3 is 12.4 Å². The lowest BCUT2D eigenvalue weighted by Crippen LogP contribution is -2.40. The zero-order chi connectivity index (χ0) is 34.7. The normalized spacial score (nSPS) is 36.0. The average molecular weight is 670 g/mol. The molecule has 4 aliphatic rings. The predicted octanol–water partition coefficient (Wildman–Crippen LogP) is 7.74. The second kappa shape index (κ2) is 12.7. The molecule has 8 atom stereocenters. The molecule has 0 aromatic heterocycles. The van der Waals surface area contributed by atoms with Crippen LogP contribution >= 0.6 is 0 Å². The standard InChI is InChI=1S/C36H45F6NO4/c1-20(29-9-10-30-23(6-5-11-33(29,30)3)7-8-24-15-28(44)17-31(45)21(24)2)12-27-18-34(4,47)32(46)43(27)19-22-13-25(35(37,38)39)16-26(14-22)36(40,41)42/h7-8,13-14,16,20,27-31,44-45,47H,2,5-6,9-12,15,17-19H2,1,3-4H3/b23-7+,24-8-/t20-,27-,28-,29-,30+,31+,33-,34+/m1/s1. The second-order valence-electron chi connectivity index (χ2n) is 14.9. The van der Waals surface area contributed by atoms with Crippen LogP contribution in [0.1, 0.15) is 95.2 Å². The highest BCUT2D eigenvalue weighted by Gasteiger charge is 2.53. The number of aliphatic hydroxyl groups excluding tert-OH is 2. The van der Waals surface area contributed by atoms with Gasteiger partial charge in [0.2, 0.25) is 0 Å². The van der Waals surface area contributed by atoms with Crippen molar-refractivity contribution in [2.75, 3.05) is 0 Å². The molecule has 4 fully saturated rings. The molecular formula is C36H45F6NO4. The molecule has 260 valence electrons. The van der Waals surface area contributed by atoms with Gasteiger partial charge in [-0.3, -0.25) is 4.79 Å². The van der Waals surface area contributed by atoms with Crippen LogP contribution in [0.5, 0.6) is 0 Å². The van der Waals surface area contributed by atoms with Crippen molar-refractivity contribution in [2.45, 2.75) is 121 Å². The molecule has 1 aromatic rings. The van der Waals surface area contributed by atoms with E-state index in [1.807, 2.05) is 6.08 Å². The van der Waals surface area contributed by atoms with Crippen molar-refractivity contribution < 1.29 is 46.5 Å². The summed E-state index contributed by atoms with van der Waals surface area (Å²) >= 11 is 0. The van der Waals surface area contributed by atoms with Crippen LogP contribution < -0.4 is 0 Å². The number of carbonyl (C=O) groups is 1. The number of halogens is 6. The highest BCUT2D eigenvalue weighted by molar-refractivity contribution is 5.87. The maximum absolute atomic E-state index is 13.5. The van der Waals surface area contributed by atoms with Gasteiger partial charge in [0, 0.05) is 25.4 Å². The lowest BCUT2D eigenvalue weighted by atomic mass is 9.60. The molecule has 11 heteroatoms. The fourth-order valence-corrected chi connectivity index (χ4v) is 9.12. The van der Waals surface area contributed by atoms with E-state index in [1.54, 1.807) is 0 Å². The highest BCUT2D eigenvalue weighted by Crippen LogP contribution is 2.60. The SMILES string of the molecule is C=C1/C(=C\C=C2/CCC[C@]3(C)[C@@H]([C@H](C)C[C@@H]4C[C@](C)(O)C(=O)N4Cc4cc(C(F)(F)F)cc(C(F)(F)F)c4)CC[C@@H]23)C[C@@H](O)C[C@@H]1O. The van der Waals surface area contributed by atoms with E-state index in [0.717, 1.165) is 37.7 Å². The number of alkyl halides is 6. The van der Waals surface area contributed by atoms with Crippen LogP contribution in [0, 0.1) is 23.2 Å². The molecule has 3 saturated carbocycles. The molecule has 3 N–H and O–H groups in total. The third-order valence-electron chi connectivity index (χ3n) is 11.4. The van der Waals surface area contributed by atoms with Crippen molar-refractivity contribution in [1.82, 2.24) is 4.90 Å². The molecule has 1 aromatic carbocycles. The molecule has 47 heavy (non-hydrogen) atoms. The van der Waals surface area contributed by atoms with Crippen LogP contribution in [-0.4, -0.2) is 50.0 Å². The number of amides is 1. The first-order chi connectivity index (χ1) is 21.7. The van der Waals surface area contributed by atoms with E-state index in [0.29, 0.717) is 36.5 Å². The summed E-state index contributed by atoms with van der Waals surface area (Å²) in [5.74, 6) is -0.0770. The van der Waals surface area contributed by atoms with Gasteiger partial charge in [0.15, 0.2) is 0 Å². The molecule has 5 rings (SSSR count). The maximum Gasteiger partial charge on any atom is 0.416 e. The molecular weight excluding hydrogens is 624 g/mol. The summed E-state index contributed by atoms with van der Waals surface area (Å²) in [6.07, 6.45) is -1.25. The monoisotopic (exact) mass is 669 g/mol. The van der Waals surface area contributed by atoms with E-state index in [2.05, 4.69) is 26.5 Å². The van der Waals surface area contributed by atoms with Crippen molar-refractivity contribution in [2.24, 2.45) is 23.2 Å². The second-order valence-corrected chi connectivity index (χ2v) is 14.9. The van der Waals surface area contributed by atoms with Gasteiger partial charge in [0.1, 0.15) is 5.60 Å². The Morgan fingerprint density at radius 2 is 1.68 bits per heavy atom. The Bertz CT molecular complexity index is 1410. The van der Waals surface area contributed by atoms with Gasteiger partial charge in [-0.15, -0.1) is 0 Å². The van der Waals surface area contributed by atoms with Gasteiger partial charge in [-0.2, -0.15) is 26.3 Å². The van der Waals surface area contributed by atoms with Crippen molar-refractivity contribution in [3.63, 3.8) is 0 Å². The zero-order valence-corrected chi connectivity index (χ0v) is 27.1. The number of rotatable bonds is 6. The molecule has 1 amide bonds. The maximum atomic E-state index is 13.5. The average Bonchev–Trinajstić information content (AvgIpc) is 3.42. The summed E-state index contributed by atoms with van der Waals surface area (Å²) < 4.78 is 81.3. The summed E-state index contributed by atoms with van der Waals surface area (Å²) in [7, 11) is 0. The van der Waals surface area contributed by atoms with Crippen molar-refractivity contribution in [3.8, 4) is 0 Å². The summed E-state index contributed by atoms with van der Waals surface area (Å²) in [5, 5.41) is 31.3. The number of benzene rings is 1. The minimum absolute atomic E-state index is 0.0361. The Kier molecular flexibility index (Phi) is 9.62. The lowest BCUT2D eigenvalue weighted by molar-refractivity contribution is -0.143. The van der Waals surface area contributed by atoms with E-state index in [1.165, 1.54) is 17.4 Å². The van der Waals surface area contributed by atoms with Crippen LogP contribution in [0.4, 0.5) is 26.3 Å². The minimum Gasteiger partial charge on any atom is -0.393 e. The third-order valence-corrected chi connectivity index (χ3v) is 11.4. The molecule has 1 heterocycles. The summed E-state index contributed by atoms with van der Waals surface area (Å²) in [5.41, 5.74) is -2.20. The Balaban J connectivity index is 1.36. The molecule has 0 radical (unpaired) electrons. The van der Waals surface area contributed by atoms with E-state index >= 15 is 0 Å². The van der Waals surface area contributed by atoms with Crippen LogP contribution in [-0.2, 0) is 23.7 Å². The van der Waals surface area contributed by atoms with Crippen LogP contribution in [0.2, 0.25) is 0 Å². The molecule has 1 aliphatic heterocycles. The summed E-state index contributed by atoms with van der Waals surface area (Å²) in [4.78, 5) is 14.6. The Morgan fingerprint density at radius 1 is 1.04 bits per heavy atom. The number of nitrogens with zero attached hydrogens (tertiary/aromatic N) is 1. The largest absolute Gasteiger partial charge is 0.416 e. The van der Waals surface area contributed by atoms with Gasteiger partial charge < -0.3 is 20.2 Å². The third kappa shape index (κ3) is 7.22. The first-order valence-electron chi connectivity index (χ1n) is 16.5.